The van der Waals surface area contributed by atoms with Crippen LogP contribution >= 0.6 is 23.2 Å². The SMILES string of the molecule is C[C@@H](COC(N)=O)[C@H](OC(N)=O)c1c(Cl)cccc1Cl. The van der Waals surface area contributed by atoms with E-state index in [0.29, 0.717) is 15.6 Å². The van der Waals surface area contributed by atoms with Crippen molar-refractivity contribution in [2.24, 2.45) is 17.4 Å². The summed E-state index contributed by atoms with van der Waals surface area (Å²) in [6.45, 7) is 1.60. The van der Waals surface area contributed by atoms with Gasteiger partial charge in [0.1, 0.15) is 6.10 Å². The maximum absolute atomic E-state index is 11.0. The monoisotopic (exact) mass is 320 g/mol. The molecule has 0 bridgehead atoms. The lowest BCUT2D eigenvalue weighted by Crippen LogP contribution is -2.27. The van der Waals surface area contributed by atoms with Crippen molar-refractivity contribution < 1.29 is 19.1 Å². The van der Waals surface area contributed by atoms with Gasteiger partial charge in [0.15, 0.2) is 0 Å². The molecule has 0 saturated carbocycles. The lowest BCUT2D eigenvalue weighted by molar-refractivity contribution is 0.0439. The van der Waals surface area contributed by atoms with E-state index in [-0.39, 0.29) is 6.61 Å². The lowest BCUT2D eigenvalue weighted by Gasteiger charge is -2.24. The quantitative estimate of drug-likeness (QED) is 0.870. The Labute approximate surface area is 125 Å². The van der Waals surface area contributed by atoms with E-state index in [1.54, 1.807) is 25.1 Å². The van der Waals surface area contributed by atoms with Crippen LogP contribution in [0.4, 0.5) is 9.59 Å². The van der Waals surface area contributed by atoms with Crippen molar-refractivity contribution in [1.82, 2.24) is 0 Å². The number of primary amides is 2. The molecule has 110 valence electrons. The van der Waals surface area contributed by atoms with Crippen LogP contribution in [0.25, 0.3) is 0 Å². The average molecular weight is 321 g/mol. The van der Waals surface area contributed by atoms with Crippen LogP contribution < -0.4 is 11.5 Å². The Kier molecular flexibility index (Phi) is 5.91. The molecule has 0 radical (unpaired) electrons. The van der Waals surface area contributed by atoms with Crippen LogP contribution in [0.1, 0.15) is 18.6 Å². The van der Waals surface area contributed by atoms with Crippen LogP contribution in [0.5, 0.6) is 0 Å². The van der Waals surface area contributed by atoms with Crippen molar-refractivity contribution >= 4 is 35.4 Å². The molecule has 1 aromatic rings. The summed E-state index contributed by atoms with van der Waals surface area (Å²) in [6, 6.07) is 4.85. The molecule has 1 aromatic carbocycles. The molecule has 1 rings (SSSR count). The van der Waals surface area contributed by atoms with Crippen LogP contribution in [0.15, 0.2) is 18.2 Å². The number of carbonyl (C=O) groups is 2. The van der Waals surface area contributed by atoms with E-state index in [1.807, 2.05) is 0 Å². The molecule has 0 fully saturated rings. The predicted molar refractivity (Wildman–Crippen MR) is 74.6 cm³/mol. The number of amides is 2. The molecule has 0 unspecified atom stereocenters. The highest BCUT2D eigenvalue weighted by Gasteiger charge is 2.28. The topological polar surface area (TPSA) is 105 Å². The first-order chi connectivity index (χ1) is 9.32. The minimum atomic E-state index is -0.989. The first-order valence-corrected chi connectivity index (χ1v) is 6.40. The first kappa shape index (κ1) is 16.4. The molecule has 0 aliphatic carbocycles. The summed E-state index contributed by atoms with van der Waals surface area (Å²) in [7, 11) is 0. The van der Waals surface area contributed by atoms with Crippen LogP contribution in [0.2, 0.25) is 10.0 Å². The van der Waals surface area contributed by atoms with Crippen LogP contribution in [0, 0.1) is 5.92 Å². The molecular formula is C12H14Cl2N2O4. The molecule has 0 aliphatic rings. The molecule has 6 nitrogen and oxygen atoms in total. The Morgan fingerprint density at radius 1 is 1.20 bits per heavy atom. The smallest absolute Gasteiger partial charge is 0.405 e. The maximum atomic E-state index is 11.0. The van der Waals surface area contributed by atoms with E-state index in [1.165, 1.54) is 0 Å². The van der Waals surface area contributed by atoms with Crippen molar-refractivity contribution in [3.8, 4) is 0 Å². The minimum Gasteiger partial charge on any atom is -0.449 e. The largest absolute Gasteiger partial charge is 0.449 e. The van der Waals surface area contributed by atoms with E-state index in [0.717, 1.165) is 0 Å². The predicted octanol–water partition coefficient (Wildman–Crippen LogP) is 2.86. The third-order valence-electron chi connectivity index (χ3n) is 2.53. The van der Waals surface area contributed by atoms with Gasteiger partial charge in [0.25, 0.3) is 0 Å². The lowest BCUT2D eigenvalue weighted by atomic mass is 9.97. The second kappa shape index (κ2) is 7.21. The fraction of sp³-hybridized carbons (Fsp3) is 0.333. The van der Waals surface area contributed by atoms with E-state index in [2.05, 4.69) is 4.74 Å². The Bertz CT molecular complexity index is 490. The van der Waals surface area contributed by atoms with Gasteiger partial charge in [-0.15, -0.1) is 0 Å². The van der Waals surface area contributed by atoms with Gasteiger partial charge in [-0.25, -0.2) is 9.59 Å². The fourth-order valence-corrected chi connectivity index (χ4v) is 2.28. The molecule has 0 spiro atoms. The summed E-state index contributed by atoms with van der Waals surface area (Å²) in [6.07, 6.45) is -2.77. The molecule has 0 saturated heterocycles. The van der Waals surface area contributed by atoms with Crippen molar-refractivity contribution in [1.29, 1.82) is 0 Å². The summed E-state index contributed by atoms with van der Waals surface area (Å²) < 4.78 is 9.72. The number of halogens is 2. The second-order valence-electron chi connectivity index (χ2n) is 4.10. The number of hydrogen-bond acceptors (Lipinski definition) is 4. The molecule has 4 N–H and O–H groups in total. The Hall–Kier alpha value is -1.66. The summed E-state index contributed by atoms with van der Waals surface area (Å²) in [5.41, 5.74) is 10.3. The maximum Gasteiger partial charge on any atom is 0.405 e. The normalized spacial score (nSPS) is 13.3. The molecule has 0 aromatic heterocycles. The molecule has 2 atom stereocenters. The summed E-state index contributed by atoms with van der Waals surface area (Å²) in [5.74, 6) is -0.438. The fourth-order valence-electron chi connectivity index (χ4n) is 1.67. The molecular weight excluding hydrogens is 307 g/mol. The van der Waals surface area contributed by atoms with Crippen molar-refractivity contribution in [2.75, 3.05) is 6.61 Å². The average Bonchev–Trinajstić information content (AvgIpc) is 2.34. The van der Waals surface area contributed by atoms with Crippen LogP contribution in [0.3, 0.4) is 0 Å². The minimum absolute atomic E-state index is 0.0746. The highest BCUT2D eigenvalue weighted by Crippen LogP contribution is 2.36. The van der Waals surface area contributed by atoms with Gasteiger partial charge in [0, 0.05) is 21.5 Å². The summed E-state index contributed by atoms with van der Waals surface area (Å²) >= 11 is 12.1. The second-order valence-corrected chi connectivity index (χ2v) is 4.91. The number of hydrogen-bond donors (Lipinski definition) is 2. The molecule has 0 aliphatic heterocycles. The van der Waals surface area contributed by atoms with Gasteiger partial charge in [0.2, 0.25) is 0 Å². The highest BCUT2D eigenvalue weighted by molar-refractivity contribution is 6.36. The Morgan fingerprint density at radius 2 is 1.75 bits per heavy atom. The standard InChI is InChI=1S/C12H14Cl2N2O4/c1-6(5-19-11(15)17)10(20-12(16)18)9-7(13)3-2-4-8(9)14/h2-4,6,10H,5H2,1H3,(H2,15,17)(H2,16,18)/t6-,10-/m0/s1. The van der Waals surface area contributed by atoms with E-state index < -0.39 is 24.2 Å². The zero-order valence-corrected chi connectivity index (χ0v) is 12.1. The molecule has 8 heteroatoms. The van der Waals surface area contributed by atoms with Gasteiger partial charge < -0.3 is 20.9 Å². The zero-order valence-electron chi connectivity index (χ0n) is 10.6. The first-order valence-electron chi connectivity index (χ1n) is 5.65. The third-order valence-corrected chi connectivity index (χ3v) is 3.19. The molecule has 0 heterocycles. The number of benzene rings is 1. The van der Waals surface area contributed by atoms with Gasteiger partial charge in [-0.05, 0) is 12.1 Å². The van der Waals surface area contributed by atoms with E-state index in [9.17, 15) is 9.59 Å². The van der Waals surface area contributed by atoms with E-state index >= 15 is 0 Å². The number of carbonyl (C=O) groups excluding carboxylic acids is 2. The van der Waals surface area contributed by atoms with Gasteiger partial charge in [-0.1, -0.05) is 36.2 Å². The third kappa shape index (κ3) is 4.47. The van der Waals surface area contributed by atoms with Gasteiger partial charge in [0.05, 0.1) is 6.61 Å². The highest BCUT2D eigenvalue weighted by atomic mass is 35.5. The van der Waals surface area contributed by atoms with E-state index in [4.69, 9.17) is 39.4 Å². The molecule has 2 amide bonds. The molecule has 20 heavy (non-hydrogen) atoms. The van der Waals surface area contributed by atoms with Crippen molar-refractivity contribution in [3.05, 3.63) is 33.8 Å². The van der Waals surface area contributed by atoms with Crippen molar-refractivity contribution in [3.63, 3.8) is 0 Å². The Balaban J connectivity index is 3.05. The number of rotatable bonds is 5. The number of nitrogens with two attached hydrogens (primary N) is 2. The summed E-state index contributed by atoms with van der Waals surface area (Å²) in [5, 5.41) is 0.629. The zero-order chi connectivity index (χ0) is 15.3. The number of ether oxygens (including phenoxy) is 2. The van der Waals surface area contributed by atoms with Gasteiger partial charge in [-0.2, -0.15) is 0 Å². The summed E-state index contributed by atoms with van der Waals surface area (Å²) in [4.78, 5) is 21.7. The van der Waals surface area contributed by atoms with Gasteiger partial charge in [-0.3, -0.25) is 0 Å². The van der Waals surface area contributed by atoms with Crippen LogP contribution in [-0.4, -0.2) is 18.8 Å². The van der Waals surface area contributed by atoms with Crippen LogP contribution in [-0.2, 0) is 9.47 Å². The van der Waals surface area contributed by atoms with Gasteiger partial charge >= 0.3 is 12.2 Å². The Morgan fingerprint density at radius 3 is 2.20 bits per heavy atom. The van der Waals surface area contributed by atoms with Crippen molar-refractivity contribution in [2.45, 2.75) is 13.0 Å².